The van der Waals surface area contributed by atoms with Gasteiger partial charge in [0.1, 0.15) is 12.1 Å². The van der Waals surface area contributed by atoms with E-state index in [2.05, 4.69) is 32.6 Å². The predicted octanol–water partition coefficient (Wildman–Crippen LogP) is 0.903. The standard InChI is InChI=1S/C14H17FN6/c1-10-6-16-14(19-10)17-7-13-18-9-21(20-13)8-11-3-2-4-12(15)5-11/h2-5,9-10H,6-8H2,1H3,(H2,16,17,19). The molecule has 1 atom stereocenters. The molecule has 0 aliphatic carbocycles. The van der Waals surface area contributed by atoms with E-state index in [-0.39, 0.29) is 5.82 Å². The second-order valence-electron chi connectivity index (χ2n) is 5.08. The van der Waals surface area contributed by atoms with Crippen LogP contribution >= 0.6 is 0 Å². The van der Waals surface area contributed by atoms with Crippen molar-refractivity contribution in [1.29, 1.82) is 0 Å². The lowest BCUT2D eigenvalue weighted by Crippen LogP contribution is -2.37. The maximum absolute atomic E-state index is 13.1. The summed E-state index contributed by atoms with van der Waals surface area (Å²) in [4.78, 5) is 8.53. The third-order valence-electron chi connectivity index (χ3n) is 3.14. The van der Waals surface area contributed by atoms with E-state index < -0.39 is 0 Å². The van der Waals surface area contributed by atoms with E-state index in [9.17, 15) is 4.39 Å². The van der Waals surface area contributed by atoms with Crippen molar-refractivity contribution in [3.8, 4) is 0 Å². The van der Waals surface area contributed by atoms with Crippen LogP contribution in [0, 0.1) is 5.82 Å². The summed E-state index contributed by atoms with van der Waals surface area (Å²) in [6.07, 6.45) is 1.65. The van der Waals surface area contributed by atoms with Gasteiger partial charge in [-0.15, -0.1) is 0 Å². The molecule has 1 aromatic heterocycles. The van der Waals surface area contributed by atoms with Crippen LogP contribution < -0.4 is 10.6 Å². The maximum atomic E-state index is 13.1. The van der Waals surface area contributed by atoms with E-state index >= 15 is 0 Å². The van der Waals surface area contributed by atoms with E-state index in [1.165, 1.54) is 12.1 Å². The first-order valence-corrected chi connectivity index (χ1v) is 6.86. The van der Waals surface area contributed by atoms with Gasteiger partial charge in [0.15, 0.2) is 11.8 Å². The Labute approximate surface area is 122 Å². The first-order valence-electron chi connectivity index (χ1n) is 6.86. The monoisotopic (exact) mass is 288 g/mol. The van der Waals surface area contributed by atoms with Crippen LogP contribution in [-0.2, 0) is 13.1 Å². The van der Waals surface area contributed by atoms with Gasteiger partial charge in [-0.1, -0.05) is 12.1 Å². The minimum absolute atomic E-state index is 0.242. The zero-order valence-electron chi connectivity index (χ0n) is 11.8. The molecule has 3 rings (SSSR count). The van der Waals surface area contributed by atoms with E-state index in [0.29, 0.717) is 25.0 Å². The highest BCUT2D eigenvalue weighted by Crippen LogP contribution is 2.05. The summed E-state index contributed by atoms with van der Waals surface area (Å²) in [5, 5.41) is 10.7. The van der Waals surface area contributed by atoms with Crippen LogP contribution in [0.15, 0.2) is 35.6 Å². The number of aliphatic imine (C=N–C) groups is 1. The number of benzene rings is 1. The van der Waals surface area contributed by atoms with E-state index in [4.69, 9.17) is 0 Å². The smallest absolute Gasteiger partial charge is 0.191 e. The number of rotatable bonds is 4. The Hall–Kier alpha value is -2.44. The molecule has 0 amide bonds. The molecule has 0 saturated heterocycles. The van der Waals surface area contributed by atoms with Gasteiger partial charge in [0, 0.05) is 6.04 Å². The van der Waals surface area contributed by atoms with Crippen molar-refractivity contribution in [2.45, 2.75) is 26.1 Å². The molecule has 0 saturated carbocycles. The second-order valence-corrected chi connectivity index (χ2v) is 5.08. The summed E-state index contributed by atoms with van der Waals surface area (Å²) < 4.78 is 14.8. The van der Waals surface area contributed by atoms with Crippen LogP contribution in [0.4, 0.5) is 4.39 Å². The third kappa shape index (κ3) is 3.56. The number of hydrogen-bond acceptors (Lipinski definition) is 5. The highest BCUT2D eigenvalue weighted by atomic mass is 19.1. The summed E-state index contributed by atoms with van der Waals surface area (Å²) >= 11 is 0. The largest absolute Gasteiger partial charge is 0.352 e. The van der Waals surface area contributed by atoms with E-state index in [1.807, 2.05) is 6.07 Å². The van der Waals surface area contributed by atoms with Crippen LogP contribution in [0.3, 0.4) is 0 Å². The summed E-state index contributed by atoms with van der Waals surface area (Å²) in [5.74, 6) is 1.22. The van der Waals surface area contributed by atoms with Crippen molar-refractivity contribution in [1.82, 2.24) is 25.4 Å². The van der Waals surface area contributed by atoms with Crippen molar-refractivity contribution in [3.05, 3.63) is 47.8 Å². The van der Waals surface area contributed by atoms with Crippen LogP contribution in [-0.4, -0.2) is 33.3 Å². The molecule has 2 heterocycles. The molecule has 2 aromatic rings. The first-order chi connectivity index (χ1) is 10.2. The lowest BCUT2D eigenvalue weighted by Gasteiger charge is -2.06. The molecule has 2 N–H and O–H groups in total. The highest BCUT2D eigenvalue weighted by molar-refractivity contribution is 5.81. The topological polar surface area (TPSA) is 67.1 Å². The Bertz CT molecular complexity index is 650. The van der Waals surface area contributed by atoms with Crippen molar-refractivity contribution in [3.63, 3.8) is 0 Å². The predicted molar refractivity (Wildman–Crippen MR) is 77.3 cm³/mol. The molecule has 1 unspecified atom stereocenters. The Kier molecular flexibility index (Phi) is 3.81. The van der Waals surface area contributed by atoms with Gasteiger partial charge in [0.2, 0.25) is 0 Å². The zero-order valence-corrected chi connectivity index (χ0v) is 11.8. The van der Waals surface area contributed by atoms with Gasteiger partial charge in [-0.25, -0.2) is 14.1 Å². The van der Waals surface area contributed by atoms with Gasteiger partial charge in [-0.3, -0.25) is 4.99 Å². The number of halogens is 1. The van der Waals surface area contributed by atoms with Crippen molar-refractivity contribution >= 4 is 5.96 Å². The van der Waals surface area contributed by atoms with Crippen LogP contribution in [0.5, 0.6) is 0 Å². The third-order valence-corrected chi connectivity index (χ3v) is 3.14. The molecule has 7 heteroatoms. The Morgan fingerprint density at radius 2 is 2.38 bits per heavy atom. The van der Waals surface area contributed by atoms with Gasteiger partial charge >= 0.3 is 0 Å². The molecule has 21 heavy (non-hydrogen) atoms. The quantitative estimate of drug-likeness (QED) is 0.877. The lowest BCUT2D eigenvalue weighted by atomic mass is 10.2. The van der Waals surface area contributed by atoms with Crippen molar-refractivity contribution < 1.29 is 4.39 Å². The summed E-state index contributed by atoms with van der Waals surface area (Å²) in [6, 6.07) is 6.84. The van der Waals surface area contributed by atoms with E-state index in [0.717, 1.165) is 18.1 Å². The van der Waals surface area contributed by atoms with Gasteiger partial charge in [0.25, 0.3) is 0 Å². The summed E-state index contributed by atoms with van der Waals surface area (Å²) in [7, 11) is 0. The fourth-order valence-corrected chi connectivity index (χ4v) is 2.14. The first kappa shape index (κ1) is 13.5. The average Bonchev–Trinajstić information content (AvgIpc) is 3.06. The molecule has 1 aliphatic heterocycles. The lowest BCUT2D eigenvalue weighted by molar-refractivity contribution is 0.617. The number of nitrogens with zero attached hydrogens (tertiary/aromatic N) is 4. The molecule has 6 nitrogen and oxygen atoms in total. The molecular formula is C14H17FN6. The Balaban J connectivity index is 1.56. The maximum Gasteiger partial charge on any atom is 0.191 e. The second kappa shape index (κ2) is 5.90. The van der Waals surface area contributed by atoms with Crippen LogP contribution in [0.2, 0.25) is 0 Å². The number of aromatic nitrogens is 3. The molecule has 110 valence electrons. The SMILES string of the molecule is CC1CN=C(NCc2ncn(Cc3cccc(F)c3)n2)N1. The van der Waals surface area contributed by atoms with Crippen LogP contribution in [0.1, 0.15) is 18.3 Å². The van der Waals surface area contributed by atoms with Crippen molar-refractivity contribution in [2.75, 3.05) is 6.54 Å². The van der Waals surface area contributed by atoms with Gasteiger partial charge < -0.3 is 10.6 Å². The fourth-order valence-electron chi connectivity index (χ4n) is 2.14. The molecule has 0 radical (unpaired) electrons. The van der Waals surface area contributed by atoms with Crippen LogP contribution in [0.25, 0.3) is 0 Å². The Morgan fingerprint density at radius 1 is 1.48 bits per heavy atom. The number of guanidine groups is 1. The minimum atomic E-state index is -0.242. The van der Waals surface area contributed by atoms with Gasteiger partial charge in [0.05, 0.1) is 19.6 Å². The van der Waals surface area contributed by atoms with E-state index in [1.54, 1.807) is 17.1 Å². The average molecular weight is 288 g/mol. The molecule has 0 bridgehead atoms. The summed E-state index contributed by atoms with van der Waals surface area (Å²) in [5.41, 5.74) is 0.857. The minimum Gasteiger partial charge on any atom is -0.352 e. The zero-order chi connectivity index (χ0) is 14.7. The molecule has 1 aromatic carbocycles. The number of hydrogen-bond donors (Lipinski definition) is 2. The highest BCUT2D eigenvalue weighted by Gasteiger charge is 2.12. The Morgan fingerprint density at radius 3 is 3.14 bits per heavy atom. The van der Waals surface area contributed by atoms with Gasteiger partial charge in [-0.05, 0) is 24.6 Å². The number of nitrogens with one attached hydrogen (secondary N) is 2. The molecular weight excluding hydrogens is 271 g/mol. The summed E-state index contributed by atoms with van der Waals surface area (Å²) in [6.45, 7) is 3.86. The molecule has 0 fully saturated rings. The molecule has 0 spiro atoms. The van der Waals surface area contributed by atoms with Crippen molar-refractivity contribution in [2.24, 2.45) is 4.99 Å². The fraction of sp³-hybridized carbons (Fsp3) is 0.357. The molecule has 1 aliphatic rings. The normalized spacial score (nSPS) is 17.4. The van der Waals surface area contributed by atoms with Gasteiger partial charge in [-0.2, -0.15) is 5.10 Å².